The molecule has 2 aromatic rings. The number of hydrogen-bond acceptors (Lipinski definition) is 4. The van der Waals surface area contributed by atoms with Gasteiger partial charge in [-0.2, -0.15) is 13.2 Å². The molecule has 140 valence electrons. The fourth-order valence-electron chi connectivity index (χ4n) is 3.61. The minimum atomic E-state index is -4.44. The molecule has 1 fully saturated rings. The lowest BCUT2D eigenvalue weighted by molar-refractivity contribution is -0.137. The predicted molar refractivity (Wildman–Crippen MR) is 88.0 cm³/mol. The topological polar surface area (TPSA) is 72.7 Å². The highest BCUT2D eigenvalue weighted by molar-refractivity contribution is 5.91. The second kappa shape index (κ2) is 7.43. The van der Waals surface area contributed by atoms with Crippen molar-refractivity contribution in [3.8, 4) is 0 Å². The molecule has 1 heterocycles. The van der Waals surface area contributed by atoms with Gasteiger partial charge in [0.25, 0.3) is 0 Å². The van der Waals surface area contributed by atoms with Crippen LogP contribution in [0.4, 0.5) is 18.9 Å². The molecular formula is C17H20F3N5O. The second-order valence-electron chi connectivity index (χ2n) is 6.87. The Balaban J connectivity index is 1.70. The molecule has 1 aliphatic rings. The zero-order valence-corrected chi connectivity index (χ0v) is 14.2. The predicted octanol–water partition coefficient (Wildman–Crippen LogP) is 3.67. The third-order valence-electron chi connectivity index (χ3n) is 4.81. The van der Waals surface area contributed by atoms with Crippen LogP contribution in [0.25, 0.3) is 0 Å². The molecular weight excluding hydrogens is 347 g/mol. The summed E-state index contributed by atoms with van der Waals surface area (Å²) in [6.45, 7) is 0.524. The van der Waals surface area contributed by atoms with E-state index in [0.717, 1.165) is 44.2 Å². The van der Waals surface area contributed by atoms with Crippen LogP contribution in [0.1, 0.15) is 44.1 Å². The van der Waals surface area contributed by atoms with Crippen LogP contribution in [0.15, 0.2) is 30.6 Å². The Morgan fingerprint density at radius 3 is 2.65 bits per heavy atom. The molecule has 26 heavy (non-hydrogen) atoms. The van der Waals surface area contributed by atoms with E-state index < -0.39 is 11.7 Å². The molecule has 0 saturated heterocycles. The second-order valence-corrected chi connectivity index (χ2v) is 6.87. The smallest absolute Gasteiger partial charge is 0.326 e. The number of nitrogens with one attached hydrogen (secondary N) is 1. The molecule has 6 nitrogen and oxygen atoms in total. The van der Waals surface area contributed by atoms with E-state index >= 15 is 0 Å². The van der Waals surface area contributed by atoms with Gasteiger partial charge in [0, 0.05) is 12.1 Å². The lowest BCUT2D eigenvalue weighted by atomic mass is 9.71. The van der Waals surface area contributed by atoms with Gasteiger partial charge in [0.15, 0.2) is 0 Å². The molecule has 1 aromatic heterocycles. The fraction of sp³-hybridized carbons (Fsp3) is 0.529. The van der Waals surface area contributed by atoms with Crippen LogP contribution in [0.3, 0.4) is 0 Å². The fourth-order valence-corrected chi connectivity index (χ4v) is 3.61. The number of tetrazole rings is 1. The standard InChI is InChI=1S/C17H20F3N5O/c18-17(19,20)13-5-4-6-14(9-13)22-15(26)10-16(7-2-1-3-8-16)11-25-12-21-23-24-25/h4-6,9,12H,1-3,7-8,10-11H2,(H,22,26). The van der Waals surface area contributed by atoms with E-state index in [1.165, 1.54) is 18.5 Å². The van der Waals surface area contributed by atoms with Crippen molar-refractivity contribution in [1.82, 2.24) is 20.2 Å². The first-order valence-electron chi connectivity index (χ1n) is 8.54. The van der Waals surface area contributed by atoms with Gasteiger partial charge in [-0.05, 0) is 46.9 Å². The van der Waals surface area contributed by atoms with E-state index in [-0.39, 0.29) is 23.4 Å². The number of carbonyl (C=O) groups is 1. The van der Waals surface area contributed by atoms with Crippen LogP contribution < -0.4 is 5.32 Å². The molecule has 1 N–H and O–H groups in total. The summed E-state index contributed by atoms with van der Waals surface area (Å²) >= 11 is 0. The maximum absolute atomic E-state index is 12.8. The van der Waals surface area contributed by atoms with Gasteiger partial charge in [0.2, 0.25) is 5.91 Å². The van der Waals surface area contributed by atoms with Crippen molar-refractivity contribution in [3.05, 3.63) is 36.2 Å². The zero-order chi connectivity index (χ0) is 18.6. The summed E-state index contributed by atoms with van der Waals surface area (Å²) in [5.41, 5.74) is -0.908. The minimum Gasteiger partial charge on any atom is -0.326 e. The van der Waals surface area contributed by atoms with Crippen LogP contribution >= 0.6 is 0 Å². The van der Waals surface area contributed by atoms with E-state index in [4.69, 9.17) is 0 Å². The SMILES string of the molecule is O=C(CC1(Cn2cnnn2)CCCCC1)Nc1cccc(C(F)(F)F)c1. The number of benzene rings is 1. The summed E-state index contributed by atoms with van der Waals surface area (Å²) in [5, 5.41) is 13.7. The number of anilines is 1. The third-order valence-corrected chi connectivity index (χ3v) is 4.81. The van der Waals surface area contributed by atoms with Crippen molar-refractivity contribution in [2.75, 3.05) is 5.32 Å². The summed E-state index contributed by atoms with van der Waals surface area (Å²) in [7, 11) is 0. The normalized spacial score (nSPS) is 17.0. The highest BCUT2D eigenvalue weighted by Gasteiger charge is 2.35. The van der Waals surface area contributed by atoms with E-state index in [9.17, 15) is 18.0 Å². The Kier molecular flexibility index (Phi) is 5.24. The van der Waals surface area contributed by atoms with E-state index in [1.54, 1.807) is 4.68 Å². The molecule has 0 unspecified atom stereocenters. The largest absolute Gasteiger partial charge is 0.416 e. The van der Waals surface area contributed by atoms with Crippen LogP contribution in [0.5, 0.6) is 0 Å². The van der Waals surface area contributed by atoms with E-state index in [0.29, 0.717) is 6.54 Å². The molecule has 0 bridgehead atoms. The summed E-state index contributed by atoms with van der Waals surface area (Å²) in [6.07, 6.45) is 2.17. The van der Waals surface area contributed by atoms with Crippen LogP contribution in [-0.4, -0.2) is 26.1 Å². The van der Waals surface area contributed by atoms with Crippen molar-refractivity contribution in [2.24, 2.45) is 5.41 Å². The quantitative estimate of drug-likeness (QED) is 0.875. The monoisotopic (exact) mass is 367 g/mol. The summed E-state index contributed by atoms with van der Waals surface area (Å²) in [5.74, 6) is -0.292. The average molecular weight is 367 g/mol. The molecule has 1 aliphatic carbocycles. The Morgan fingerprint density at radius 2 is 2.00 bits per heavy atom. The number of amides is 1. The summed E-state index contributed by atoms with van der Waals surface area (Å²) in [6, 6.07) is 4.68. The highest BCUT2D eigenvalue weighted by atomic mass is 19.4. The van der Waals surface area contributed by atoms with Crippen LogP contribution in [0, 0.1) is 5.41 Å². The molecule has 0 radical (unpaired) electrons. The van der Waals surface area contributed by atoms with Crippen molar-refractivity contribution < 1.29 is 18.0 Å². The lowest BCUT2D eigenvalue weighted by Gasteiger charge is -2.36. The van der Waals surface area contributed by atoms with E-state index in [1.807, 2.05) is 0 Å². The first-order valence-corrected chi connectivity index (χ1v) is 8.54. The highest BCUT2D eigenvalue weighted by Crippen LogP contribution is 2.41. The number of rotatable bonds is 5. The average Bonchev–Trinajstić information content (AvgIpc) is 3.07. The van der Waals surface area contributed by atoms with Gasteiger partial charge in [0.1, 0.15) is 6.33 Å². The summed E-state index contributed by atoms with van der Waals surface area (Å²) < 4.78 is 40.1. The number of carbonyl (C=O) groups excluding carboxylic acids is 1. The molecule has 0 aliphatic heterocycles. The van der Waals surface area contributed by atoms with Crippen molar-refractivity contribution in [1.29, 1.82) is 0 Å². The van der Waals surface area contributed by atoms with Gasteiger partial charge in [-0.3, -0.25) is 4.79 Å². The molecule has 1 aromatic carbocycles. The number of hydrogen-bond donors (Lipinski definition) is 1. The molecule has 9 heteroatoms. The van der Waals surface area contributed by atoms with Gasteiger partial charge in [-0.15, -0.1) is 5.10 Å². The van der Waals surface area contributed by atoms with Crippen molar-refractivity contribution in [2.45, 2.75) is 51.2 Å². The van der Waals surface area contributed by atoms with E-state index in [2.05, 4.69) is 20.8 Å². The minimum absolute atomic E-state index is 0.151. The van der Waals surface area contributed by atoms with Gasteiger partial charge < -0.3 is 5.32 Å². The van der Waals surface area contributed by atoms with Crippen LogP contribution in [-0.2, 0) is 17.5 Å². The maximum Gasteiger partial charge on any atom is 0.416 e. The van der Waals surface area contributed by atoms with Gasteiger partial charge in [0.05, 0.1) is 12.1 Å². The third kappa shape index (κ3) is 4.59. The van der Waals surface area contributed by atoms with Gasteiger partial charge >= 0.3 is 6.18 Å². The zero-order valence-electron chi connectivity index (χ0n) is 14.2. The molecule has 0 atom stereocenters. The molecule has 1 saturated carbocycles. The number of halogens is 3. The number of nitrogens with zero attached hydrogens (tertiary/aromatic N) is 4. The number of alkyl halides is 3. The first kappa shape index (κ1) is 18.3. The summed E-state index contributed by atoms with van der Waals surface area (Å²) in [4.78, 5) is 12.5. The van der Waals surface area contributed by atoms with Crippen molar-refractivity contribution >= 4 is 11.6 Å². The van der Waals surface area contributed by atoms with Gasteiger partial charge in [-0.25, -0.2) is 4.68 Å². The Morgan fingerprint density at radius 1 is 1.23 bits per heavy atom. The first-order chi connectivity index (χ1) is 12.4. The Hall–Kier alpha value is -2.45. The Bertz CT molecular complexity index is 739. The maximum atomic E-state index is 12.8. The molecule has 1 amide bonds. The van der Waals surface area contributed by atoms with Crippen LogP contribution in [0.2, 0.25) is 0 Å². The lowest BCUT2D eigenvalue weighted by Crippen LogP contribution is -2.34. The van der Waals surface area contributed by atoms with Gasteiger partial charge in [-0.1, -0.05) is 25.3 Å². The molecule has 0 spiro atoms. The number of aromatic nitrogens is 4. The molecule has 3 rings (SSSR count). The Labute approximate surface area is 148 Å². The van der Waals surface area contributed by atoms with Crippen molar-refractivity contribution in [3.63, 3.8) is 0 Å².